The molecule has 3 unspecified atom stereocenters. The van der Waals surface area contributed by atoms with E-state index in [1.807, 2.05) is 0 Å². The van der Waals surface area contributed by atoms with Crippen molar-refractivity contribution in [3.8, 4) is 0 Å². The lowest BCUT2D eigenvalue weighted by molar-refractivity contribution is 0.0890. The standard InChI is InChI=1S/C11H19FN2/c12-11(10-1-2-13-7-10)3-8-5-14-6-9(8)4-11/h8-10,13-14H,1-7H2. The Labute approximate surface area is 84.6 Å². The molecular formula is C11H19FN2. The number of alkyl halides is 1. The zero-order valence-corrected chi connectivity index (χ0v) is 8.56. The van der Waals surface area contributed by atoms with E-state index in [2.05, 4.69) is 10.6 Å². The largest absolute Gasteiger partial charge is 0.316 e. The van der Waals surface area contributed by atoms with Gasteiger partial charge in [-0.05, 0) is 50.7 Å². The Morgan fingerprint density at radius 2 is 1.71 bits per heavy atom. The fraction of sp³-hybridized carbons (Fsp3) is 1.00. The number of fused-ring (bicyclic) bond motifs is 1. The normalized spacial score (nSPS) is 52.5. The van der Waals surface area contributed by atoms with Gasteiger partial charge in [0.2, 0.25) is 0 Å². The first-order valence-electron chi connectivity index (χ1n) is 5.88. The van der Waals surface area contributed by atoms with Crippen LogP contribution in [-0.4, -0.2) is 31.8 Å². The average Bonchev–Trinajstić information content (AvgIpc) is 2.74. The average molecular weight is 198 g/mol. The maximum Gasteiger partial charge on any atom is 0.115 e. The summed E-state index contributed by atoms with van der Waals surface area (Å²) in [6.45, 7) is 4.03. The molecular weight excluding hydrogens is 179 g/mol. The van der Waals surface area contributed by atoms with Crippen LogP contribution in [0.4, 0.5) is 4.39 Å². The van der Waals surface area contributed by atoms with Crippen LogP contribution >= 0.6 is 0 Å². The van der Waals surface area contributed by atoms with E-state index in [1.165, 1.54) is 0 Å². The summed E-state index contributed by atoms with van der Waals surface area (Å²) < 4.78 is 14.7. The minimum atomic E-state index is -0.832. The molecule has 3 fully saturated rings. The molecule has 0 spiro atoms. The molecule has 0 aromatic carbocycles. The van der Waals surface area contributed by atoms with Gasteiger partial charge in [0.1, 0.15) is 5.67 Å². The molecule has 0 radical (unpaired) electrons. The monoisotopic (exact) mass is 198 g/mol. The lowest BCUT2D eigenvalue weighted by Gasteiger charge is -2.27. The van der Waals surface area contributed by atoms with Crippen LogP contribution in [0.25, 0.3) is 0 Å². The second-order valence-corrected chi connectivity index (χ2v) is 5.31. The highest BCUT2D eigenvalue weighted by atomic mass is 19.1. The molecule has 0 bridgehead atoms. The van der Waals surface area contributed by atoms with Crippen molar-refractivity contribution >= 4 is 0 Å². The van der Waals surface area contributed by atoms with Gasteiger partial charge in [-0.15, -0.1) is 0 Å². The molecule has 3 heteroatoms. The number of hydrogen-bond donors (Lipinski definition) is 2. The Kier molecular flexibility index (Phi) is 2.06. The third-order valence-corrected chi connectivity index (χ3v) is 4.47. The summed E-state index contributed by atoms with van der Waals surface area (Å²) in [6.07, 6.45) is 2.68. The van der Waals surface area contributed by atoms with E-state index in [1.54, 1.807) is 0 Å². The molecule has 2 nitrogen and oxygen atoms in total. The van der Waals surface area contributed by atoms with Crippen LogP contribution in [0.15, 0.2) is 0 Å². The number of halogens is 1. The van der Waals surface area contributed by atoms with E-state index in [0.717, 1.165) is 45.4 Å². The van der Waals surface area contributed by atoms with Crippen molar-refractivity contribution < 1.29 is 4.39 Å². The highest BCUT2D eigenvalue weighted by Gasteiger charge is 2.51. The summed E-state index contributed by atoms with van der Waals surface area (Å²) >= 11 is 0. The molecule has 0 aromatic heterocycles. The van der Waals surface area contributed by atoms with Crippen LogP contribution < -0.4 is 10.6 Å². The van der Waals surface area contributed by atoms with E-state index in [0.29, 0.717) is 17.8 Å². The van der Waals surface area contributed by atoms with E-state index < -0.39 is 5.67 Å². The maximum atomic E-state index is 14.7. The number of rotatable bonds is 1. The van der Waals surface area contributed by atoms with Crippen molar-refractivity contribution in [3.63, 3.8) is 0 Å². The first-order valence-corrected chi connectivity index (χ1v) is 5.88. The van der Waals surface area contributed by atoms with Crippen LogP contribution in [-0.2, 0) is 0 Å². The van der Waals surface area contributed by atoms with Gasteiger partial charge in [-0.1, -0.05) is 0 Å². The predicted octanol–water partition coefficient (Wildman–Crippen LogP) is 0.934. The lowest BCUT2D eigenvalue weighted by atomic mass is 9.85. The van der Waals surface area contributed by atoms with E-state index in [-0.39, 0.29) is 0 Å². The highest BCUT2D eigenvalue weighted by molar-refractivity contribution is 5.04. The van der Waals surface area contributed by atoms with Crippen molar-refractivity contribution in [2.75, 3.05) is 26.2 Å². The van der Waals surface area contributed by atoms with Gasteiger partial charge in [-0.25, -0.2) is 4.39 Å². The topological polar surface area (TPSA) is 24.1 Å². The van der Waals surface area contributed by atoms with E-state index >= 15 is 0 Å². The molecule has 0 amide bonds. The zero-order chi connectivity index (χ0) is 9.60. The SMILES string of the molecule is FC1(C2CCNC2)CC2CNCC2C1. The van der Waals surface area contributed by atoms with E-state index in [9.17, 15) is 4.39 Å². The van der Waals surface area contributed by atoms with Crippen molar-refractivity contribution in [1.29, 1.82) is 0 Å². The molecule has 80 valence electrons. The van der Waals surface area contributed by atoms with Crippen LogP contribution in [0.3, 0.4) is 0 Å². The third-order valence-electron chi connectivity index (χ3n) is 4.47. The maximum absolute atomic E-state index is 14.7. The van der Waals surface area contributed by atoms with Crippen LogP contribution in [0, 0.1) is 17.8 Å². The highest BCUT2D eigenvalue weighted by Crippen LogP contribution is 2.49. The molecule has 2 saturated heterocycles. The van der Waals surface area contributed by atoms with Gasteiger partial charge in [0.25, 0.3) is 0 Å². The Bertz CT molecular complexity index is 213. The third kappa shape index (κ3) is 1.29. The van der Waals surface area contributed by atoms with Crippen molar-refractivity contribution in [3.05, 3.63) is 0 Å². The van der Waals surface area contributed by atoms with Gasteiger partial charge in [-0.2, -0.15) is 0 Å². The van der Waals surface area contributed by atoms with Crippen LogP contribution in [0.1, 0.15) is 19.3 Å². The second kappa shape index (κ2) is 3.17. The Morgan fingerprint density at radius 1 is 1.00 bits per heavy atom. The van der Waals surface area contributed by atoms with Gasteiger partial charge in [0.15, 0.2) is 0 Å². The molecule has 1 saturated carbocycles. The minimum absolute atomic E-state index is 0.299. The van der Waals surface area contributed by atoms with Crippen molar-refractivity contribution in [1.82, 2.24) is 10.6 Å². The van der Waals surface area contributed by atoms with Gasteiger partial charge in [0.05, 0.1) is 0 Å². The summed E-state index contributed by atoms with van der Waals surface area (Å²) in [5.74, 6) is 1.55. The van der Waals surface area contributed by atoms with E-state index in [4.69, 9.17) is 0 Å². The van der Waals surface area contributed by atoms with Crippen molar-refractivity contribution in [2.45, 2.75) is 24.9 Å². The Hall–Kier alpha value is -0.150. The molecule has 3 rings (SSSR count). The quantitative estimate of drug-likeness (QED) is 0.655. The molecule has 3 atom stereocenters. The minimum Gasteiger partial charge on any atom is -0.316 e. The zero-order valence-electron chi connectivity index (χ0n) is 8.56. The van der Waals surface area contributed by atoms with Gasteiger partial charge in [-0.3, -0.25) is 0 Å². The summed E-state index contributed by atoms with van der Waals surface area (Å²) in [4.78, 5) is 0. The fourth-order valence-corrected chi connectivity index (χ4v) is 3.65. The Balaban J connectivity index is 1.72. The first-order chi connectivity index (χ1) is 6.78. The second-order valence-electron chi connectivity index (χ2n) is 5.31. The van der Waals surface area contributed by atoms with Gasteiger partial charge < -0.3 is 10.6 Å². The molecule has 14 heavy (non-hydrogen) atoms. The molecule has 2 aliphatic heterocycles. The molecule has 1 aliphatic carbocycles. The summed E-state index contributed by atoms with van der Waals surface area (Å²) in [7, 11) is 0. The van der Waals surface area contributed by atoms with Crippen LogP contribution in [0.5, 0.6) is 0 Å². The molecule has 2 N–H and O–H groups in total. The molecule has 2 heterocycles. The lowest BCUT2D eigenvalue weighted by Crippen LogP contribution is -2.34. The van der Waals surface area contributed by atoms with Gasteiger partial charge >= 0.3 is 0 Å². The summed E-state index contributed by atoms with van der Waals surface area (Å²) in [5.41, 5.74) is -0.832. The smallest absolute Gasteiger partial charge is 0.115 e. The predicted molar refractivity (Wildman–Crippen MR) is 53.9 cm³/mol. The number of nitrogens with one attached hydrogen (secondary N) is 2. The van der Waals surface area contributed by atoms with Gasteiger partial charge in [0, 0.05) is 12.5 Å². The summed E-state index contributed by atoms with van der Waals surface area (Å²) in [6, 6.07) is 0. The summed E-state index contributed by atoms with van der Waals surface area (Å²) in [5, 5.41) is 6.65. The molecule has 3 aliphatic rings. The Morgan fingerprint density at radius 3 is 2.29 bits per heavy atom. The number of hydrogen-bond acceptors (Lipinski definition) is 2. The van der Waals surface area contributed by atoms with Crippen molar-refractivity contribution in [2.24, 2.45) is 17.8 Å². The van der Waals surface area contributed by atoms with Crippen LogP contribution in [0.2, 0.25) is 0 Å². The molecule has 0 aromatic rings. The fourth-order valence-electron chi connectivity index (χ4n) is 3.65. The first kappa shape index (κ1) is 9.10.